The fraction of sp³-hybridized carbons (Fsp3) is 0.231. The van der Waals surface area contributed by atoms with Gasteiger partial charge in [0, 0.05) is 18.6 Å². The molecule has 0 unspecified atom stereocenters. The van der Waals surface area contributed by atoms with Gasteiger partial charge in [-0.25, -0.2) is 12.8 Å². The van der Waals surface area contributed by atoms with Crippen molar-refractivity contribution in [1.29, 1.82) is 0 Å². The molecule has 0 radical (unpaired) electrons. The van der Waals surface area contributed by atoms with E-state index in [0.29, 0.717) is 10.6 Å². The SMILES string of the molecule is CNC(=O)[C@H](C)N(Cc1ccc(F)cc1)C(=O)CN(c1cccc(Cl)c1)S(=O)(=O)c1ccc(C)cc1. The Morgan fingerprint density at radius 3 is 2.25 bits per heavy atom. The Bertz CT molecular complexity index is 1330. The van der Waals surface area contributed by atoms with Crippen molar-refractivity contribution >= 4 is 39.1 Å². The summed E-state index contributed by atoms with van der Waals surface area (Å²) in [5.41, 5.74) is 1.66. The van der Waals surface area contributed by atoms with Crippen LogP contribution in [0.15, 0.2) is 77.7 Å². The van der Waals surface area contributed by atoms with Crippen LogP contribution >= 0.6 is 11.6 Å². The lowest BCUT2D eigenvalue weighted by Gasteiger charge is -2.31. The number of benzene rings is 3. The smallest absolute Gasteiger partial charge is 0.264 e. The number of anilines is 1. The van der Waals surface area contributed by atoms with Crippen molar-refractivity contribution in [2.75, 3.05) is 17.9 Å². The Morgan fingerprint density at radius 2 is 1.67 bits per heavy atom. The van der Waals surface area contributed by atoms with Gasteiger partial charge in [-0.05, 0) is 61.9 Å². The lowest BCUT2D eigenvalue weighted by Crippen LogP contribution is -2.50. The van der Waals surface area contributed by atoms with Crippen molar-refractivity contribution in [3.63, 3.8) is 0 Å². The monoisotopic (exact) mass is 531 g/mol. The number of nitrogens with zero attached hydrogens (tertiary/aromatic N) is 2. The molecule has 0 aromatic heterocycles. The van der Waals surface area contributed by atoms with E-state index >= 15 is 0 Å². The summed E-state index contributed by atoms with van der Waals surface area (Å²) in [7, 11) is -2.73. The topological polar surface area (TPSA) is 86.8 Å². The van der Waals surface area contributed by atoms with Crippen LogP contribution in [0.5, 0.6) is 0 Å². The second kappa shape index (κ2) is 11.5. The predicted molar refractivity (Wildman–Crippen MR) is 138 cm³/mol. The summed E-state index contributed by atoms with van der Waals surface area (Å²) in [4.78, 5) is 27.3. The first-order valence-electron chi connectivity index (χ1n) is 11.1. The van der Waals surface area contributed by atoms with Gasteiger partial charge in [0.25, 0.3) is 10.0 Å². The molecule has 0 aliphatic rings. The van der Waals surface area contributed by atoms with Gasteiger partial charge in [-0.1, -0.05) is 47.5 Å². The second-order valence-corrected chi connectivity index (χ2v) is 10.5. The second-order valence-electron chi connectivity index (χ2n) is 8.24. The molecule has 10 heteroatoms. The molecule has 3 rings (SSSR count). The number of hydrogen-bond acceptors (Lipinski definition) is 4. The Balaban J connectivity index is 2.02. The summed E-state index contributed by atoms with van der Waals surface area (Å²) in [6.07, 6.45) is 0. The Hall–Kier alpha value is -3.43. The summed E-state index contributed by atoms with van der Waals surface area (Å²) in [5, 5.41) is 2.80. The summed E-state index contributed by atoms with van der Waals surface area (Å²) in [5.74, 6) is -1.49. The van der Waals surface area contributed by atoms with Crippen LogP contribution in [0.1, 0.15) is 18.1 Å². The van der Waals surface area contributed by atoms with Gasteiger partial charge in [0.05, 0.1) is 10.6 Å². The average molecular weight is 532 g/mol. The van der Waals surface area contributed by atoms with E-state index < -0.39 is 40.2 Å². The van der Waals surface area contributed by atoms with Crippen LogP contribution in [-0.2, 0) is 26.2 Å². The largest absolute Gasteiger partial charge is 0.357 e. The Morgan fingerprint density at radius 1 is 1.03 bits per heavy atom. The zero-order valence-corrected chi connectivity index (χ0v) is 21.7. The van der Waals surface area contributed by atoms with E-state index in [-0.39, 0.29) is 17.1 Å². The number of nitrogens with one attached hydrogen (secondary N) is 1. The summed E-state index contributed by atoms with van der Waals surface area (Å²) >= 11 is 6.14. The molecule has 1 N–H and O–H groups in total. The number of amides is 2. The third-order valence-corrected chi connectivity index (χ3v) is 7.69. The standard InChI is InChI=1S/C26H27ClFN3O4S/c1-18-7-13-24(14-8-18)36(34,35)31(23-6-4-5-21(27)15-23)17-25(32)30(19(2)26(33)29-3)16-20-9-11-22(28)12-10-20/h4-15,19H,16-17H2,1-3H3,(H,29,33)/t19-/m0/s1. The lowest BCUT2D eigenvalue weighted by atomic mass is 10.1. The van der Waals surface area contributed by atoms with Gasteiger partial charge in [-0.3, -0.25) is 13.9 Å². The average Bonchev–Trinajstić information content (AvgIpc) is 2.86. The minimum absolute atomic E-state index is 0.00492. The number of carbonyl (C=O) groups excluding carboxylic acids is 2. The first-order chi connectivity index (χ1) is 17.0. The van der Waals surface area contributed by atoms with Crippen LogP contribution in [0, 0.1) is 12.7 Å². The van der Waals surface area contributed by atoms with Gasteiger partial charge < -0.3 is 10.2 Å². The molecule has 1 atom stereocenters. The van der Waals surface area contributed by atoms with Crippen LogP contribution in [0.3, 0.4) is 0 Å². The van der Waals surface area contributed by atoms with E-state index in [1.807, 2.05) is 6.92 Å². The number of sulfonamides is 1. The molecule has 0 spiro atoms. The molecular weight excluding hydrogens is 505 g/mol. The Labute approximate surface area is 215 Å². The molecule has 0 heterocycles. The molecule has 2 amide bonds. The molecule has 36 heavy (non-hydrogen) atoms. The van der Waals surface area contributed by atoms with Crippen molar-refractivity contribution < 1.29 is 22.4 Å². The number of carbonyl (C=O) groups is 2. The fourth-order valence-corrected chi connectivity index (χ4v) is 5.17. The molecule has 0 bridgehead atoms. The van der Waals surface area contributed by atoms with E-state index in [4.69, 9.17) is 11.6 Å². The summed E-state index contributed by atoms with van der Waals surface area (Å²) < 4.78 is 41.7. The quantitative estimate of drug-likeness (QED) is 0.449. The molecule has 3 aromatic carbocycles. The van der Waals surface area contributed by atoms with Crippen LogP contribution in [-0.4, -0.2) is 44.8 Å². The maximum atomic E-state index is 13.7. The maximum absolute atomic E-state index is 13.7. The fourth-order valence-electron chi connectivity index (χ4n) is 3.58. The number of halogens is 2. The van der Waals surface area contributed by atoms with Crippen LogP contribution in [0.25, 0.3) is 0 Å². The highest BCUT2D eigenvalue weighted by Crippen LogP contribution is 2.27. The van der Waals surface area contributed by atoms with Crippen LogP contribution in [0.4, 0.5) is 10.1 Å². The molecule has 3 aromatic rings. The van der Waals surface area contributed by atoms with Crippen molar-refractivity contribution in [3.05, 3.63) is 94.8 Å². The zero-order valence-electron chi connectivity index (χ0n) is 20.1. The van der Waals surface area contributed by atoms with Crippen molar-refractivity contribution in [3.8, 4) is 0 Å². The number of likely N-dealkylation sites (N-methyl/N-ethyl adjacent to an activating group) is 1. The van der Waals surface area contributed by atoms with Gasteiger partial charge in [0.2, 0.25) is 11.8 Å². The first-order valence-corrected chi connectivity index (χ1v) is 12.9. The van der Waals surface area contributed by atoms with Gasteiger partial charge in [0.1, 0.15) is 18.4 Å². The lowest BCUT2D eigenvalue weighted by molar-refractivity contribution is -0.139. The minimum Gasteiger partial charge on any atom is -0.357 e. The third-order valence-electron chi connectivity index (χ3n) is 5.66. The van der Waals surface area contributed by atoms with Crippen LogP contribution < -0.4 is 9.62 Å². The highest BCUT2D eigenvalue weighted by molar-refractivity contribution is 7.92. The molecule has 0 fully saturated rings. The van der Waals surface area contributed by atoms with Crippen molar-refractivity contribution in [2.24, 2.45) is 0 Å². The summed E-state index contributed by atoms with van der Waals surface area (Å²) in [6, 6.07) is 17.0. The molecule has 190 valence electrons. The number of aryl methyl sites for hydroxylation is 1. The molecule has 0 saturated carbocycles. The van der Waals surface area contributed by atoms with E-state index in [1.165, 1.54) is 60.5 Å². The Kier molecular flexibility index (Phi) is 8.70. The normalized spacial score (nSPS) is 12.0. The van der Waals surface area contributed by atoms with Crippen molar-refractivity contribution in [1.82, 2.24) is 10.2 Å². The first kappa shape index (κ1) is 27.2. The third kappa shape index (κ3) is 6.41. The number of hydrogen-bond donors (Lipinski definition) is 1. The molecule has 0 aliphatic carbocycles. The highest BCUT2D eigenvalue weighted by Gasteiger charge is 2.32. The van der Waals surface area contributed by atoms with Gasteiger partial charge >= 0.3 is 0 Å². The van der Waals surface area contributed by atoms with Crippen molar-refractivity contribution in [2.45, 2.75) is 31.3 Å². The molecular formula is C26H27ClFN3O4S. The van der Waals surface area contributed by atoms with Gasteiger partial charge in [0.15, 0.2) is 0 Å². The predicted octanol–water partition coefficient (Wildman–Crippen LogP) is 4.15. The maximum Gasteiger partial charge on any atom is 0.264 e. The highest BCUT2D eigenvalue weighted by atomic mass is 35.5. The van der Waals surface area contributed by atoms with E-state index in [9.17, 15) is 22.4 Å². The zero-order chi connectivity index (χ0) is 26.5. The molecule has 7 nitrogen and oxygen atoms in total. The van der Waals surface area contributed by atoms with E-state index in [1.54, 1.807) is 31.2 Å². The number of rotatable bonds is 9. The minimum atomic E-state index is -4.17. The van der Waals surface area contributed by atoms with E-state index in [0.717, 1.165) is 9.87 Å². The molecule has 0 aliphatic heterocycles. The van der Waals surface area contributed by atoms with Gasteiger partial charge in [-0.15, -0.1) is 0 Å². The van der Waals surface area contributed by atoms with Crippen LogP contribution in [0.2, 0.25) is 5.02 Å². The van der Waals surface area contributed by atoms with Gasteiger partial charge in [-0.2, -0.15) is 0 Å². The molecule has 0 saturated heterocycles. The summed E-state index contributed by atoms with van der Waals surface area (Å²) in [6.45, 7) is 2.77. The van der Waals surface area contributed by atoms with E-state index in [2.05, 4.69) is 5.32 Å².